The normalized spacial score (nSPS) is 10.6. The van der Waals surface area contributed by atoms with Gasteiger partial charge in [-0.3, -0.25) is 9.59 Å². The van der Waals surface area contributed by atoms with Crippen LogP contribution in [-0.4, -0.2) is 43.0 Å². The number of rotatable bonds is 12. The molecule has 2 aromatic carbocycles. The Hall–Kier alpha value is -3.02. The molecule has 0 fully saturated rings. The second-order valence-corrected chi connectivity index (χ2v) is 8.01. The Morgan fingerprint density at radius 3 is 2.32 bits per heavy atom. The predicted molar refractivity (Wildman–Crippen MR) is 127 cm³/mol. The molecule has 6 heteroatoms. The Bertz CT molecular complexity index is 845. The first kappa shape index (κ1) is 24.3. The molecule has 2 N–H and O–H groups in total. The zero-order valence-corrected chi connectivity index (χ0v) is 19.1. The Morgan fingerprint density at radius 1 is 0.968 bits per heavy atom. The molecular weight excluding hydrogens is 390 g/mol. The van der Waals surface area contributed by atoms with Crippen molar-refractivity contribution in [1.82, 2.24) is 4.90 Å². The van der Waals surface area contributed by atoms with E-state index in [-0.39, 0.29) is 18.4 Å². The number of hydrogen-bond donors (Lipinski definition) is 2. The first-order chi connectivity index (χ1) is 14.9. The molecule has 2 amide bonds. The molecule has 0 saturated carbocycles. The first-order valence-electron chi connectivity index (χ1n) is 11.1. The number of hydrogen-bond acceptors (Lipinski definition) is 4. The van der Waals surface area contributed by atoms with Crippen LogP contribution in [0.25, 0.3) is 0 Å². The van der Waals surface area contributed by atoms with Crippen molar-refractivity contribution in [2.75, 3.05) is 36.9 Å². The van der Waals surface area contributed by atoms with E-state index in [1.54, 1.807) is 24.3 Å². The van der Waals surface area contributed by atoms with Crippen molar-refractivity contribution in [3.8, 4) is 5.75 Å². The van der Waals surface area contributed by atoms with Gasteiger partial charge in [0.1, 0.15) is 5.75 Å². The van der Waals surface area contributed by atoms with Gasteiger partial charge >= 0.3 is 0 Å². The van der Waals surface area contributed by atoms with Crippen LogP contribution in [0.2, 0.25) is 0 Å². The van der Waals surface area contributed by atoms with Crippen molar-refractivity contribution in [2.24, 2.45) is 5.92 Å². The minimum Gasteiger partial charge on any atom is -0.493 e. The van der Waals surface area contributed by atoms with Gasteiger partial charge in [-0.05, 0) is 49.1 Å². The lowest BCUT2D eigenvalue weighted by atomic mass is 10.1. The summed E-state index contributed by atoms with van der Waals surface area (Å²) < 4.78 is 5.72. The van der Waals surface area contributed by atoms with Gasteiger partial charge in [0.25, 0.3) is 5.91 Å². The highest BCUT2D eigenvalue weighted by molar-refractivity contribution is 5.98. The number of nitrogens with one attached hydrogen (secondary N) is 2. The van der Waals surface area contributed by atoms with E-state index in [4.69, 9.17) is 4.74 Å². The molecular formula is C25H35N3O3. The van der Waals surface area contributed by atoms with Crippen LogP contribution < -0.4 is 15.4 Å². The van der Waals surface area contributed by atoms with Gasteiger partial charge in [0, 0.05) is 36.1 Å². The average molecular weight is 426 g/mol. The van der Waals surface area contributed by atoms with E-state index in [0.717, 1.165) is 37.4 Å². The van der Waals surface area contributed by atoms with Crippen molar-refractivity contribution in [3.05, 3.63) is 54.1 Å². The van der Waals surface area contributed by atoms with Crippen molar-refractivity contribution < 1.29 is 14.3 Å². The van der Waals surface area contributed by atoms with Gasteiger partial charge in [0.2, 0.25) is 5.91 Å². The Morgan fingerprint density at radius 2 is 1.65 bits per heavy atom. The number of carbonyl (C=O) groups excluding carboxylic acids is 2. The minimum atomic E-state index is -0.183. The van der Waals surface area contributed by atoms with E-state index in [1.807, 2.05) is 29.2 Å². The SMILES string of the molecule is CCCN(CCC)C(=O)c1cccc(NC(=O)CNc2cccc(OCC(C)C)c2)c1. The number of ether oxygens (including phenoxy) is 1. The smallest absolute Gasteiger partial charge is 0.253 e. The summed E-state index contributed by atoms with van der Waals surface area (Å²) in [6, 6.07) is 14.7. The van der Waals surface area contributed by atoms with Gasteiger partial charge in [-0.15, -0.1) is 0 Å². The highest BCUT2D eigenvalue weighted by Gasteiger charge is 2.15. The van der Waals surface area contributed by atoms with Gasteiger partial charge in [-0.25, -0.2) is 0 Å². The highest BCUT2D eigenvalue weighted by Crippen LogP contribution is 2.18. The number of amides is 2. The number of carbonyl (C=O) groups is 2. The average Bonchev–Trinajstić information content (AvgIpc) is 2.76. The molecule has 0 radical (unpaired) electrons. The van der Waals surface area contributed by atoms with Gasteiger partial charge in [-0.1, -0.05) is 39.8 Å². The topological polar surface area (TPSA) is 70.7 Å². The second-order valence-electron chi connectivity index (χ2n) is 8.01. The summed E-state index contributed by atoms with van der Waals surface area (Å²) in [5.74, 6) is 1.03. The van der Waals surface area contributed by atoms with Gasteiger partial charge < -0.3 is 20.3 Å². The van der Waals surface area contributed by atoms with Crippen LogP contribution in [0.15, 0.2) is 48.5 Å². The highest BCUT2D eigenvalue weighted by atomic mass is 16.5. The Labute approximate surface area is 186 Å². The summed E-state index contributed by atoms with van der Waals surface area (Å²) in [7, 11) is 0. The summed E-state index contributed by atoms with van der Waals surface area (Å²) in [4.78, 5) is 27.1. The van der Waals surface area contributed by atoms with Crippen LogP contribution in [0, 0.1) is 5.92 Å². The predicted octanol–water partition coefficient (Wildman–Crippen LogP) is 5.03. The molecule has 2 rings (SSSR count). The molecule has 0 atom stereocenters. The van der Waals surface area contributed by atoms with E-state index >= 15 is 0 Å². The molecule has 0 aliphatic carbocycles. The first-order valence-corrected chi connectivity index (χ1v) is 11.1. The molecule has 0 unspecified atom stereocenters. The molecule has 0 heterocycles. The van der Waals surface area contributed by atoms with E-state index in [0.29, 0.717) is 23.8 Å². The maximum atomic E-state index is 12.8. The Kier molecular flexibility index (Phi) is 9.88. The fourth-order valence-corrected chi connectivity index (χ4v) is 3.11. The molecule has 0 bridgehead atoms. The minimum absolute atomic E-state index is 0.00358. The second kappa shape index (κ2) is 12.6. The van der Waals surface area contributed by atoms with Crippen molar-refractivity contribution in [3.63, 3.8) is 0 Å². The third-order valence-electron chi connectivity index (χ3n) is 4.54. The third-order valence-corrected chi connectivity index (χ3v) is 4.54. The fraction of sp³-hybridized carbons (Fsp3) is 0.440. The lowest BCUT2D eigenvalue weighted by Gasteiger charge is -2.21. The lowest BCUT2D eigenvalue weighted by molar-refractivity contribution is -0.114. The largest absolute Gasteiger partial charge is 0.493 e. The Balaban J connectivity index is 1.93. The lowest BCUT2D eigenvalue weighted by Crippen LogP contribution is -2.32. The van der Waals surface area contributed by atoms with Crippen molar-refractivity contribution >= 4 is 23.2 Å². The zero-order chi connectivity index (χ0) is 22.6. The number of nitrogens with zero attached hydrogens (tertiary/aromatic N) is 1. The maximum Gasteiger partial charge on any atom is 0.253 e. The van der Waals surface area contributed by atoms with Gasteiger partial charge in [-0.2, -0.15) is 0 Å². The monoisotopic (exact) mass is 425 g/mol. The molecule has 0 saturated heterocycles. The number of benzene rings is 2. The van der Waals surface area contributed by atoms with E-state index in [2.05, 4.69) is 38.3 Å². The summed E-state index contributed by atoms with van der Waals surface area (Å²) in [6.45, 7) is 10.5. The molecule has 0 aliphatic heterocycles. The molecule has 0 aliphatic rings. The van der Waals surface area contributed by atoms with E-state index in [1.165, 1.54) is 0 Å². The molecule has 31 heavy (non-hydrogen) atoms. The van der Waals surface area contributed by atoms with Crippen LogP contribution in [-0.2, 0) is 4.79 Å². The quantitative estimate of drug-likeness (QED) is 0.500. The van der Waals surface area contributed by atoms with E-state index < -0.39 is 0 Å². The maximum absolute atomic E-state index is 12.8. The van der Waals surface area contributed by atoms with Crippen LogP contribution in [0.4, 0.5) is 11.4 Å². The zero-order valence-electron chi connectivity index (χ0n) is 19.1. The number of anilines is 2. The van der Waals surface area contributed by atoms with Crippen LogP contribution in [0.3, 0.4) is 0 Å². The van der Waals surface area contributed by atoms with Crippen molar-refractivity contribution in [1.29, 1.82) is 0 Å². The standard InChI is InChI=1S/C25H35N3O3/c1-5-13-28(14-6-2)25(30)20-9-7-11-22(15-20)27-24(29)17-26-21-10-8-12-23(16-21)31-18-19(3)4/h7-12,15-16,19,26H,5-6,13-14,17-18H2,1-4H3,(H,27,29). The third kappa shape index (κ3) is 8.32. The van der Waals surface area contributed by atoms with Crippen molar-refractivity contribution in [2.45, 2.75) is 40.5 Å². The summed E-state index contributed by atoms with van der Waals surface area (Å²) >= 11 is 0. The fourth-order valence-electron chi connectivity index (χ4n) is 3.11. The summed E-state index contributed by atoms with van der Waals surface area (Å²) in [5.41, 5.74) is 2.01. The van der Waals surface area contributed by atoms with Crippen LogP contribution in [0.5, 0.6) is 5.75 Å². The molecule has 2 aromatic rings. The van der Waals surface area contributed by atoms with Gasteiger partial charge in [0.05, 0.1) is 13.2 Å². The summed E-state index contributed by atoms with van der Waals surface area (Å²) in [5, 5.41) is 5.98. The molecule has 0 spiro atoms. The van der Waals surface area contributed by atoms with E-state index in [9.17, 15) is 9.59 Å². The molecule has 0 aromatic heterocycles. The van der Waals surface area contributed by atoms with Gasteiger partial charge in [0.15, 0.2) is 0 Å². The summed E-state index contributed by atoms with van der Waals surface area (Å²) in [6.07, 6.45) is 1.83. The molecule has 168 valence electrons. The van der Waals surface area contributed by atoms with Crippen LogP contribution >= 0.6 is 0 Å². The molecule has 6 nitrogen and oxygen atoms in total. The van der Waals surface area contributed by atoms with Crippen LogP contribution in [0.1, 0.15) is 50.9 Å².